The molecule has 0 spiro atoms. The van der Waals surface area contributed by atoms with Gasteiger partial charge in [0.2, 0.25) is 0 Å². The number of amides is 2. The third-order valence-corrected chi connectivity index (χ3v) is 3.41. The summed E-state index contributed by atoms with van der Waals surface area (Å²) in [6.45, 7) is 5.48. The lowest BCUT2D eigenvalue weighted by Crippen LogP contribution is -2.46. The number of carbonyl (C=O) groups excluding carboxylic acids is 1. The number of carboxylic acid groups (broad SMARTS) is 1. The van der Waals surface area contributed by atoms with Crippen LogP contribution in [0.5, 0.6) is 0 Å². The number of carbonyl (C=O) groups is 2. The summed E-state index contributed by atoms with van der Waals surface area (Å²) in [5.74, 6) is -1.23. The van der Waals surface area contributed by atoms with Crippen LogP contribution in [0.15, 0.2) is 22.7 Å². The van der Waals surface area contributed by atoms with Gasteiger partial charge in [-0.1, -0.05) is 36.7 Å². The van der Waals surface area contributed by atoms with Crippen molar-refractivity contribution in [3.05, 3.63) is 28.2 Å². The molecule has 0 aliphatic carbocycles. The molecule has 5 nitrogen and oxygen atoms in total. The van der Waals surface area contributed by atoms with Crippen LogP contribution in [0.3, 0.4) is 0 Å². The molecule has 0 saturated carbocycles. The second-order valence-electron chi connectivity index (χ2n) is 4.81. The number of hydrogen-bond donors (Lipinski definition) is 3. The van der Waals surface area contributed by atoms with Crippen molar-refractivity contribution in [3.8, 4) is 0 Å². The highest BCUT2D eigenvalue weighted by Crippen LogP contribution is 2.21. The van der Waals surface area contributed by atoms with Crippen LogP contribution < -0.4 is 10.6 Å². The summed E-state index contributed by atoms with van der Waals surface area (Å²) in [5.41, 5.74) is 1.66. The first-order valence-electron chi connectivity index (χ1n) is 6.43. The van der Waals surface area contributed by atoms with E-state index in [1.807, 2.05) is 19.1 Å². The van der Waals surface area contributed by atoms with Gasteiger partial charge in [-0.05, 0) is 36.1 Å². The summed E-state index contributed by atoms with van der Waals surface area (Å²) in [4.78, 5) is 22.9. The van der Waals surface area contributed by atoms with Crippen molar-refractivity contribution in [2.45, 2.75) is 33.2 Å². The van der Waals surface area contributed by atoms with Crippen molar-refractivity contribution in [2.24, 2.45) is 5.92 Å². The third kappa shape index (κ3) is 4.52. The van der Waals surface area contributed by atoms with Gasteiger partial charge < -0.3 is 15.7 Å². The van der Waals surface area contributed by atoms with Gasteiger partial charge in [-0.3, -0.25) is 0 Å². The van der Waals surface area contributed by atoms with Crippen LogP contribution in [0.4, 0.5) is 10.5 Å². The van der Waals surface area contributed by atoms with Crippen LogP contribution in [0.2, 0.25) is 0 Å². The van der Waals surface area contributed by atoms with Crippen molar-refractivity contribution < 1.29 is 14.7 Å². The Morgan fingerprint density at radius 2 is 2.00 bits per heavy atom. The lowest BCUT2D eigenvalue weighted by molar-refractivity contribution is -0.140. The number of rotatable bonds is 5. The SMILES string of the molecule is CCc1cc(Br)ccc1NC(=O)NC(C(=O)O)C(C)C. The Morgan fingerprint density at radius 3 is 2.50 bits per heavy atom. The molecule has 0 aliphatic heterocycles. The molecule has 1 unspecified atom stereocenters. The molecule has 1 atom stereocenters. The molecule has 0 aromatic heterocycles. The second-order valence-corrected chi connectivity index (χ2v) is 5.73. The van der Waals surface area contributed by atoms with E-state index in [2.05, 4.69) is 26.6 Å². The molecular formula is C14H19BrN2O3. The van der Waals surface area contributed by atoms with Crippen molar-refractivity contribution in [1.82, 2.24) is 5.32 Å². The lowest BCUT2D eigenvalue weighted by atomic mass is 10.1. The minimum absolute atomic E-state index is 0.186. The fourth-order valence-corrected chi connectivity index (χ4v) is 2.20. The molecule has 0 saturated heterocycles. The average Bonchev–Trinajstić information content (AvgIpc) is 2.37. The summed E-state index contributed by atoms with van der Waals surface area (Å²) in [5, 5.41) is 14.2. The molecule has 1 aromatic rings. The topological polar surface area (TPSA) is 78.4 Å². The van der Waals surface area contributed by atoms with Crippen LogP contribution in [0.25, 0.3) is 0 Å². The van der Waals surface area contributed by atoms with Crippen molar-refractivity contribution >= 4 is 33.6 Å². The number of aliphatic carboxylic acids is 1. The highest BCUT2D eigenvalue weighted by atomic mass is 79.9. The Hall–Kier alpha value is -1.56. The van der Waals surface area contributed by atoms with E-state index in [0.29, 0.717) is 5.69 Å². The molecule has 6 heteroatoms. The number of carboxylic acids is 1. The predicted molar refractivity (Wildman–Crippen MR) is 81.9 cm³/mol. The van der Waals surface area contributed by atoms with Crippen molar-refractivity contribution in [1.29, 1.82) is 0 Å². The fraction of sp³-hybridized carbons (Fsp3) is 0.429. The van der Waals surface area contributed by atoms with Gasteiger partial charge in [0.15, 0.2) is 0 Å². The van der Waals surface area contributed by atoms with Gasteiger partial charge in [0.25, 0.3) is 0 Å². The summed E-state index contributed by atoms with van der Waals surface area (Å²) in [6.07, 6.45) is 0.765. The maximum atomic E-state index is 11.9. The second kappa shape index (κ2) is 7.28. The lowest BCUT2D eigenvalue weighted by Gasteiger charge is -2.19. The largest absolute Gasteiger partial charge is 0.480 e. The summed E-state index contributed by atoms with van der Waals surface area (Å²) in [6, 6.07) is 4.12. The molecule has 20 heavy (non-hydrogen) atoms. The van der Waals surface area contributed by atoms with Gasteiger partial charge in [-0.25, -0.2) is 9.59 Å². The molecule has 0 bridgehead atoms. The van der Waals surface area contributed by atoms with Crippen LogP contribution in [0.1, 0.15) is 26.3 Å². The Balaban J connectivity index is 2.78. The number of aryl methyl sites for hydroxylation is 1. The Kier molecular flexibility index (Phi) is 6.01. The zero-order chi connectivity index (χ0) is 15.3. The van der Waals surface area contributed by atoms with E-state index in [1.165, 1.54) is 0 Å². The van der Waals surface area contributed by atoms with Crippen molar-refractivity contribution in [2.75, 3.05) is 5.32 Å². The molecule has 0 heterocycles. The molecule has 1 rings (SSSR count). The van der Waals surface area contributed by atoms with Gasteiger partial charge in [0, 0.05) is 10.2 Å². The number of urea groups is 1. The number of halogens is 1. The molecule has 0 fully saturated rings. The minimum Gasteiger partial charge on any atom is -0.480 e. The van der Waals surface area contributed by atoms with E-state index in [4.69, 9.17) is 5.11 Å². The zero-order valence-corrected chi connectivity index (χ0v) is 13.3. The highest BCUT2D eigenvalue weighted by molar-refractivity contribution is 9.10. The predicted octanol–water partition coefficient (Wildman–Crippen LogP) is 3.24. The molecule has 3 N–H and O–H groups in total. The van der Waals surface area contributed by atoms with E-state index >= 15 is 0 Å². The van der Waals surface area contributed by atoms with Gasteiger partial charge in [-0.2, -0.15) is 0 Å². The monoisotopic (exact) mass is 342 g/mol. The van der Waals surface area contributed by atoms with Gasteiger partial charge in [0.1, 0.15) is 6.04 Å². The molecule has 0 aliphatic rings. The zero-order valence-electron chi connectivity index (χ0n) is 11.7. The first-order valence-corrected chi connectivity index (χ1v) is 7.23. The quantitative estimate of drug-likeness (QED) is 0.768. The van der Waals surface area contributed by atoms with E-state index in [9.17, 15) is 9.59 Å². The first kappa shape index (κ1) is 16.5. The average molecular weight is 343 g/mol. The van der Waals surface area contributed by atoms with Crippen LogP contribution in [0, 0.1) is 5.92 Å². The number of nitrogens with one attached hydrogen (secondary N) is 2. The molecule has 110 valence electrons. The maximum absolute atomic E-state index is 11.9. The van der Waals surface area contributed by atoms with Crippen molar-refractivity contribution in [3.63, 3.8) is 0 Å². The standard InChI is InChI=1S/C14H19BrN2O3/c1-4-9-7-10(15)5-6-11(9)16-14(20)17-12(8(2)3)13(18)19/h5-8,12H,4H2,1-3H3,(H,18,19)(H2,16,17,20). The van der Waals surface area contributed by atoms with Crippen LogP contribution >= 0.6 is 15.9 Å². The van der Waals surface area contributed by atoms with Gasteiger partial charge in [0.05, 0.1) is 0 Å². The number of anilines is 1. The van der Waals surface area contributed by atoms with E-state index < -0.39 is 18.0 Å². The van der Waals surface area contributed by atoms with E-state index in [0.717, 1.165) is 16.5 Å². The summed E-state index contributed by atoms with van der Waals surface area (Å²) in [7, 11) is 0. The Labute approximate surface area is 126 Å². The Morgan fingerprint density at radius 1 is 1.35 bits per heavy atom. The number of benzene rings is 1. The summed E-state index contributed by atoms with van der Waals surface area (Å²) >= 11 is 3.38. The van der Waals surface area contributed by atoms with Gasteiger partial charge in [-0.15, -0.1) is 0 Å². The normalized spacial score (nSPS) is 12.1. The molecule has 1 aromatic carbocycles. The smallest absolute Gasteiger partial charge is 0.326 e. The minimum atomic E-state index is -1.04. The van der Waals surface area contributed by atoms with E-state index in [-0.39, 0.29) is 5.92 Å². The highest BCUT2D eigenvalue weighted by Gasteiger charge is 2.23. The molecular weight excluding hydrogens is 324 g/mol. The first-order chi connectivity index (χ1) is 9.35. The fourth-order valence-electron chi connectivity index (χ4n) is 1.79. The molecule has 0 radical (unpaired) electrons. The van der Waals surface area contributed by atoms with Gasteiger partial charge >= 0.3 is 12.0 Å². The number of hydrogen-bond acceptors (Lipinski definition) is 2. The molecule has 2 amide bonds. The van der Waals surface area contributed by atoms with Crippen LogP contribution in [-0.2, 0) is 11.2 Å². The van der Waals surface area contributed by atoms with E-state index in [1.54, 1.807) is 19.9 Å². The maximum Gasteiger partial charge on any atom is 0.326 e. The van der Waals surface area contributed by atoms with Crippen LogP contribution in [-0.4, -0.2) is 23.1 Å². The summed E-state index contributed by atoms with van der Waals surface area (Å²) < 4.78 is 0.936. The third-order valence-electron chi connectivity index (χ3n) is 2.92. The Bertz CT molecular complexity index is 503.